The molecule has 0 amide bonds. The molecule has 1 atom stereocenters. The van der Waals surface area contributed by atoms with Crippen LogP contribution in [0.3, 0.4) is 0 Å². The van der Waals surface area contributed by atoms with Gasteiger partial charge >= 0.3 is 0 Å². The Balaban J connectivity index is 2.86. The second kappa shape index (κ2) is 4.15. The SMILES string of the molecule is CC(C(N)=S)S(=O)(=O)Nc1ccn(C)n1. The number of nitrogens with one attached hydrogen (secondary N) is 1. The van der Waals surface area contributed by atoms with Gasteiger partial charge in [0.05, 0.1) is 4.99 Å². The lowest BCUT2D eigenvalue weighted by Gasteiger charge is -2.11. The van der Waals surface area contributed by atoms with Crippen LogP contribution < -0.4 is 10.5 Å². The lowest BCUT2D eigenvalue weighted by molar-refractivity contribution is 0.598. The largest absolute Gasteiger partial charge is 0.392 e. The molecular weight excluding hydrogens is 236 g/mol. The summed E-state index contributed by atoms with van der Waals surface area (Å²) < 4.78 is 27.0. The minimum atomic E-state index is -3.59. The van der Waals surface area contributed by atoms with E-state index in [-0.39, 0.29) is 10.8 Å². The molecule has 0 aliphatic carbocycles. The van der Waals surface area contributed by atoms with Crippen molar-refractivity contribution in [2.24, 2.45) is 12.8 Å². The molecule has 1 rings (SSSR count). The minimum absolute atomic E-state index is 0.0709. The van der Waals surface area contributed by atoms with Gasteiger partial charge in [-0.3, -0.25) is 9.40 Å². The fourth-order valence-corrected chi connectivity index (χ4v) is 2.12. The van der Waals surface area contributed by atoms with E-state index in [1.165, 1.54) is 11.6 Å². The summed E-state index contributed by atoms with van der Waals surface area (Å²) in [4.78, 5) is -0.0709. The summed E-state index contributed by atoms with van der Waals surface area (Å²) in [5.74, 6) is 0.251. The number of hydrogen-bond donors (Lipinski definition) is 2. The van der Waals surface area contributed by atoms with E-state index in [9.17, 15) is 8.42 Å². The van der Waals surface area contributed by atoms with Gasteiger partial charge in [0, 0.05) is 19.3 Å². The van der Waals surface area contributed by atoms with Crippen molar-refractivity contribution >= 4 is 33.0 Å². The lowest BCUT2D eigenvalue weighted by atomic mass is 10.5. The number of sulfonamides is 1. The molecule has 0 saturated heterocycles. The fourth-order valence-electron chi connectivity index (χ4n) is 0.857. The first-order valence-corrected chi connectivity index (χ1v) is 6.09. The summed E-state index contributed by atoms with van der Waals surface area (Å²) >= 11 is 4.62. The van der Waals surface area contributed by atoms with Gasteiger partial charge in [0.15, 0.2) is 5.82 Å². The first-order valence-electron chi connectivity index (χ1n) is 4.13. The number of anilines is 1. The molecule has 0 bridgehead atoms. The molecule has 6 nitrogen and oxygen atoms in total. The normalized spacial score (nSPS) is 13.5. The highest BCUT2D eigenvalue weighted by molar-refractivity contribution is 7.95. The molecular formula is C7H12N4O2S2. The van der Waals surface area contributed by atoms with Crippen molar-refractivity contribution in [2.45, 2.75) is 12.2 Å². The Labute approximate surface area is 93.5 Å². The topological polar surface area (TPSA) is 90.0 Å². The molecule has 1 unspecified atom stereocenters. The summed E-state index contributed by atoms with van der Waals surface area (Å²) in [6, 6.07) is 1.55. The number of nitrogens with two attached hydrogens (primary N) is 1. The molecule has 15 heavy (non-hydrogen) atoms. The summed E-state index contributed by atoms with van der Waals surface area (Å²) in [5, 5.41) is 2.96. The average Bonchev–Trinajstić information content (AvgIpc) is 2.48. The van der Waals surface area contributed by atoms with Crippen LogP contribution in [0.15, 0.2) is 12.3 Å². The van der Waals surface area contributed by atoms with Gasteiger partial charge in [0.2, 0.25) is 10.0 Å². The van der Waals surface area contributed by atoms with Gasteiger partial charge in [-0.25, -0.2) is 8.42 Å². The molecule has 0 radical (unpaired) electrons. The van der Waals surface area contributed by atoms with Crippen molar-refractivity contribution in [3.8, 4) is 0 Å². The van der Waals surface area contributed by atoms with E-state index in [4.69, 9.17) is 5.73 Å². The van der Waals surface area contributed by atoms with Gasteiger partial charge < -0.3 is 5.73 Å². The fraction of sp³-hybridized carbons (Fsp3) is 0.429. The van der Waals surface area contributed by atoms with Crippen molar-refractivity contribution in [3.63, 3.8) is 0 Å². The van der Waals surface area contributed by atoms with Crippen LogP contribution in [-0.2, 0) is 17.1 Å². The van der Waals surface area contributed by atoms with Gasteiger partial charge in [-0.2, -0.15) is 5.10 Å². The van der Waals surface area contributed by atoms with Crippen LogP contribution in [0, 0.1) is 0 Å². The van der Waals surface area contributed by atoms with Crippen molar-refractivity contribution in [2.75, 3.05) is 4.72 Å². The summed E-state index contributed by atoms with van der Waals surface area (Å²) in [6.07, 6.45) is 1.63. The van der Waals surface area contributed by atoms with E-state index in [2.05, 4.69) is 22.0 Å². The highest BCUT2D eigenvalue weighted by Crippen LogP contribution is 2.08. The second-order valence-corrected chi connectivity index (χ2v) is 5.54. The number of thiocarbonyl (C=S) groups is 1. The van der Waals surface area contributed by atoms with E-state index in [1.54, 1.807) is 19.3 Å². The highest BCUT2D eigenvalue weighted by atomic mass is 32.2. The zero-order chi connectivity index (χ0) is 11.6. The predicted octanol–water partition coefficient (Wildman–Crippen LogP) is -0.164. The molecule has 0 fully saturated rings. The molecule has 1 aromatic heterocycles. The van der Waals surface area contributed by atoms with Crippen LogP contribution in [-0.4, -0.2) is 28.4 Å². The molecule has 3 N–H and O–H groups in total. The number of aromatic nitrogens is 2. The first kappa shape index (κ1) is 11.9. The third-order valence-corrected chi connectivity index (χ3v) is 4.01. The zero-order valence-corrected chi connectivity index (χ0v) is 9.97. The third-order valence-electron chi connectivity index (χ3n) is 1.83. The highest BCUT2D eigenvalue weighted by Gasteiger charge is 2.23. The summed E-state index contributed by atoms with van der Waals surface area (Å²) in [7, 11) is -1.90. The Morgan fingerprint density at radius 2 is 2.33 bits per heavy atom. The van der Waals surface area contributed by atoms with E-state index >= 15 is 0 Å². The molecule has 0 aromatic carbocycles. The van der Waals surface area contributed by atoms with Crippen LogP contribution in [0.25, 0.3) is 0 Å². The standard InChI is InChI=1S/C7H12N4O2S2/c1-5(7(8)14)15(12,13)10-6-3-4-11(2)9-6/h3-5H,1-2H3,(H2,8,14)(H,9,10). The van der Waals surface area contributed by atoms with Gasteiger partial charge in [0.25, 0.3) is 0 Å². The predicted molar refractivity (Wildman–Crippen MR) is 62.0 cm³/mol. The number of hydrogen-bond acceptors (Lipinski definition) is 4. The van der Waals surface area contributed by atoms with Gasteiger partial charge in [-0.15, -0.1) is 0 Å². The summed E-state index contributed by atoms with van der Waals surface area (Å²) in [5.41, 5.74) is 5.27. The van der Waals surface area contributed by atoms with Crippen LogP contribution in [0.5, 0.6) is 0 Å². The Kier molecular flexibility index (Phi) is 3.30. The van der Waals surface area contributed by atoms with Crippen molar-refractivity contribution in [1.82, 2.24) is 9.78 Å². The molecule has 0 aliphatic rings. The average molecular weight is 248 g/mol. The Bertz CT molecular complexity index is 465. The number of aryl methyl sites for hydroxylation is 1. The maximum absolute atomic E-state index is 11.6. The van der Waals surface area contributed by atoms with E-state index < -0.39 is 15.3 Å². The maximum atomic E-state index is 11.6. The van der Waals surface area contributed by atoms with Crippen molar-refractivity contribution < 1.29 is 8.42 Å². The smallest absolute Gasteiger partial charge is 0.243 e. The zero-order valence-electron chi connectivity index (χ0n) is 8.34. The molecule has 84 valence electrons. The molecule has 8 heteroatoms. The number of rotatable bonds is 4. The van der Waals surface area contributed by atoms with Crippen LogP contribution in [0.4, 0.5) is 5.82 Å². The summed E-state index contributed by atoms with van der Waals surface area (Å²) in [6.45, 7) is 1.42. The Morgan fingerprint density at radius 1 is 1.73 bits per heavy atom. The lowest BCUT2D eigenvalue weighted by Crippen LogP contribution is -2.35. The second-order valence-electron chi connectivity index (χ2n) is 3.07. The Hall–Kier alpha value is -1.15. The monoisotopic (exact) mass is 248 g/mol. The Morgan fingerprint density at radius 3 is 2.73 bits per heavy atom. The number of nitrogens with zero attached hydrogens (tertiary/aromatic N) is 2. The van der Waals surface area contributed by atoms with Crippen LogP contribution in [0.1, 0.15) is 6.92 Å². The molecule has 1 heterocycles. The first-order chi connectivity index (χ1) is 6.83. The van der Waals surface area contributed by atoms with E-state index in [1.807, 2.05) is 0 Å². The third kappa shape index (κ3) is 2.90. The van der Waals surface area contributed by atoms with Crippen molar-refractivity contribution in [3.05, 3.63) is 12.3 Å². The van der Waals surface area contributed by atoms with E-state index in [0.717, 1.165) is 0 Å². The molecule has 0 aliphatic heterocycles. The molecule has 0 spiro atoms. The quantitative estimate of drug-likeness (QED) is 0.722. The van der Waals surface area contributed by atoms with Crippen molar-refractivity contribution in [1.29, 1.82) is 0 Å². The van der Waals surface area contributed by atoms with Gasteiger partial charge in [-0.05, 0) is 6.92 Å². The van der Waals surface area contributed by atoms with Crippen LogP contribution >= 0.6 is 12.2 Å². The molecule has 0 saturated carbocycles. The van der Waals surface area contributed by atoms with Gasteiger partial charge in [-0.1, -0.05) is 12.2 Å². The van der Waals surface area contributed by atoms with E-state index in [0.29, 0.717) is 0 Å². The maximum Gasteiger partial charge on any atom is 0.243 e. The van der Waals surface area contributed by atoms with Crippen LogP contribution in [0.2, 0.25) is 0 Å². The minimum Gasteiger partial charge on any atom is -0.392 e. The molecule has 1 aromatic rings. The van der Waals surface area contributed by atoms with Gasteiger partial charge in [0.1, 0.15) is 5.25 Å².